The topological polar surface area (TPSA) is 78.1 Å². The zero-order valence-electron chi connectivity index (χ0n) is 10.3. The molecule has 0 saturated heterocycles. The van der Waals surface area contributed by atoms with E-state index in [2.05, 4.69) is 4.98 Å². The average molecular weight is 274 g/mol. The first-order chi connectivity index (χ1) is 9.06. The minimum atomic E-state index is 0.211. The van der Waals surface area contributed by atoms with Crippen molar-refractivity contribution >= 4 is 34.1 Å². The van der Waals surface area contributed by atoms with Crippen LogP contribution in [-0.4, -0.2) is 4.98 Å². The lowest BCUT2D eigenvalue weighted by atomic mass is 10.0. The molecule has 5 heteroatoms. The highest BCUT2D eigenvalue weighted by atomic mass is 35.5. The third kappa shape index (κ3) is 1.90. The van der Waals surface area contributed by atoms with Crippen LogP contribution in [0, 0.1) is 6.92 Å². The number of fused-ring (bicyclic) bond motifs is 1. The van der Waals surface area contributed by atoms with E-state index in [1.165, 1.54) is 0 Å². The maximum Gasteiger partial charge on any atom is 0.214 e. The molecular weight excluding hydrogens is 262 g/mol. The number of hydrogen-bond acceptors (Lipinski definition) is 4. The van der Waals surface area contributed by atoms with Gasteiger partial charge in [-0.3, -0.25) is 4.98 Å². The number of furan rings is 1. The number of aromatic nitrogens is 1. The third-order valence-corrected chi connectivity index (χ3v) is 3.24. The smallest absolute Gasteiger partial charge is 0.214 e. The molecule has 0 bridgehead atoms. The molecule has 3 rings (SSSR count). The van der Waals surface area contributed by atoms with Crippen LogP contribution >= 0.6 is 11.6 Å². The Hall–Kier alpha value is -2.20. The van der Waals surface area contributed by atoms with Crippen molar-refractivity contribution in [3.63, 3.8) is 0 Å². The van der Waals surface area contributed by atoms with Crippen LogP contribution in [0.3, 0.4) is 0 Å². The fourth-order valence-corrected chi connectivity index (χ4v) is 2.49. The Morgan fingerprint density at radius 2 is 1.95 bits per heavy atom. The van der Waals surface area contributed by atoms with Crippen LogP contribution in [0.1, 0.15) is 5.56 Å². The first-order valence-electron chi connectivity index (χ1n) is 5.75. The number of benzene rings is 1. The zero-order chi connectivity index (χ0) is 13.6. The summed E-state index contributed by atoms with van der Waals surface area (Å²) in [6, 6.07) is 5.78. The first-order valence-corrected chi connectivity index (χ1v) is 6.13. The van der Waals surface area contributed by atoms with Gasteiger partial charge in [0, 0.05) is 16.8 Å². The van der Waals surface area contributed by atoms with Crippen molar-refractivity contribution in [3.05, 3.63) is 41.2 Å². The van der Waals surface area contributed by atoms with E-state index in [0.717, 1.165) is 22.1 Å². The number of anilines is 2. The number of hydrogen-bond donors (Lipinski definition) is 2. The molecule has 0 aliphatic carbocycles. The lowest BCUT2D eigenvalue weighted by Crippen LogP contribution is -1.91. The van der Waals surface area contributed by atoms with Gasteiger partial charge in [-0.25, -0.2) is 0 Å². The first kappa shape index (κ1) is 11.9. The summed E-state index contributed by atoms with van der Waals surface area (Å²) in [7, 11) is 0. The summed E-state index contributed by atoms with van der Waals surface area (Å²) in [6.45, 7) is 1.98. The fourth-order valence-electron chi connectivity index (χ4n) is 2.20. The van der Waals surface area contributed by atoms with Crippen molar-refractivity contribution in [2.24, 2.45) is 0 Å². The van der Waals surface area contributed by atoms with Crippen LogP contribution in [0.5, 0.6) is 0 Å². The molecule has 0 aliphatic rings. The second-order valence-electron chi connectivity index (χ2n) is 4.46. The Kier molecular flexibility index (Phi) is 2.61. The Morgan fingerprint density at radius 1 is 1.16 bits per heavy atom. The summed E-state index contributed by atoms with van der Waals surface area (Å²) in [5.74, 6) is 0.211. The Balaban J connectivity index is 2.36. The van der Waals surface area contributed by atoms with Gasteiger partial charge in [0.25, 0.3) is 0 Å². The number of nitrogens with two attached hydrogens (primary N) is 2. The average Bonchev–Trinajstić information content (AvgIpc) is 2.64. The normalized spacial score (nSPS) is 11.1. The summed E-state index contributed by atoms with van der Waals surface area (Å²) in [4.78, 5) is 4.16. The minimum Gasteiger partial charge on any atom is -0.437 e. The second kappa shape index (κ2) is 4.17. The van der Waals surface area contributed by atoms with Gasteiger partial charge in [0.15, 0.2) is 5.58 Å². The van der Waals surface area contributed by atoms with Gasteiger partial charge < -0.3 is 15.9 Å². The SMILES string of the molecule is Cc1cc(Cl)cc(-c2cncc3oc(N)c(N)c23)c1. The summed E-state index contributed by atoms with van der Waals surface area (Å²) in [6.07, 6.45) is 3.34. The highest BCUT2D eigenvalue weighted by molar-refractivity contribution is 6.31. The molecule has 3 aromatic rings. The maximum absolute atomic E-state index is 6.10. The lowest BCUT2D eigenvalue weighted by Gasteiger charge is -2.05. The van der Waals surface area contributed by atoms with E-state index in [0.29, 0.717) is 16.3 Å². The van der Waals surface area contributed by atoms with Gasteiger partial charge in [0.2, 0.25) is 5.88 Å². The number of pyridine rings is 1. The van der Waals surface area contributed by atoms with E-state index in [9.17, 15) is 0 Å². The van der Waals surface area contributed by atoms with E-state index in [-0.39, 0.29) is 5.88 Å². The fraction of sp³-hybridized carbons (Fsp3) is 0.0714. The van der Waals surface area contributed by atoms with E-state index in [1.54, 1.807) is 12.4 Å². The van der Waals surface area contributed by atoms with Gasteiger partial charge >= 0.3 is 0 Å². The van der Waals surface area contributed by atoms with Crippen molar-refractivity contribution < 1.29 is 4.42 Å². The molecule has 0 amide bonds. The van der Waals surface area contributed by atoms with Crippen molar-refractivity contribution in [1.29, 1.82) is 0 Å². The lowest BCUT2D eigenvalue weighted by molar-refractivity contribution is 0.637. The minimum absolute atomic E-state index is 0.211. The highest BCUT2D eigenvalue weighted by Crippen LogP contribution is 2.38. The summed E-state index contributed by atoms with van der Waals surface area (Å²) < 4.78 is 5.38. The van der Waals surface area contributed by atoms with Crippen LogP contribution in [0.25, 0.3) is 22.1 Å². The number of rotatable bonds is 1. The molecule has 2 aromatic heterocycles. The van der Waals surface area contributed by atoms with Crippen LogP contribution in [0.15, 0.2) is 35.0 Å². The molecule has 0 fully saturated rings. The van der Waals surface area contributed by atoms with Gasteiger partial charge in [0.05, 0.1) is 11.6 Å². The third-order valence-electron chi connectivity index (χ3n) is 3.02. The van der Waals surface area contributed by atoms with E-state index in [1.807, 2.05) is 25.1 Å². The molecule has 19 heavy (non-hydrogen) atoms. The predicted octanol–water partition coefficient (Wildman–Crippen LogP) is 3.62. The largest absolute Gasteiger partial charge is 0.437 e. The molecule has 4 N–H and O–H groups in total. The Labute approximate surface area is 115 Å². The van der Waals surface area contributed by atoms with Gasteiger partial charge in [-0.15, -0.1) is 0 Å². The molecule has 2 heterocycles. The molecule has 0 aliphatic heterocycles. The van der Waals surface area contributed by atoms with Crippen LogP contribution in [-0.2, 0) is 0 Å². The van der Waals surface area contributed by atoms with Crippen molar-refractivity contribution in [3.8, 4) is 11.1 Å². The van der Waals surface area contributed by atoms with Crippen molar-refractivity contribution in [2.45, 2.75) is 6.92 Å². The number of halogens is 1. The zero-order valence-corrected chi connectivity index (χ0v) is 11.0. The van der Waals surface area contributed by atoms with Crippen LogP contribution < -0.4 is 11.5 Å². The monoisotopic (exact) mass is 273 g/mol. The summed E-state index contributed by atoms with van der Waals surface area (Å²) in [5, 5.41) is 1.44. The molecule has 0 atom stereocenters. The van der Waals surface area contributed by atoms with Crippen molar-refractivity contribution in [2.75, 3.05) is 11.5 Å². The van der Waals surface area contributed by atoms with Gasteiger partial charge in [-0.05, 0) is 30.2 Å². The molecular formula is C14H12ClN3O. The standard InChI is InChI=1S/C14H12ClN3O/c1-7-2-8(4-9(15)3-7)10-5-18-6-11-12(10)13(16)14(17)19-11/h2-6H,16-17H2,1H3. The molecule has 0 radical (unpaired) electrons. The van der Waals surface area contributed by atoms with E-state index >= 15 is 0 Å². The van der Waals surface area contributed by atoms with Crippen molar-refractivity contribution in [1.82, 2.24) is 4.98 Å². The number of nitrogen functional groups attached to an aromatic ring is 2. The van der Waals surface area contributed by atoms with Crippen LogP contribution in [0.2, 0.25) is 5.02 Å². The molecule has 4 nitrogen and oxygen atoms in total. The molecule has 1 aromatic carbocycles. The summed E-state index contributed by atoms with van der Waals surface area (Å²) in [5.41, 5.74) is 15.6. The van der Waals surface area contributed by atoms with E-state index in [4.69, 9.17) is 27.5 Å². The Morgan fingerprint density at radius 3 is 2.68 bits per heavy atom. The Bertz CT molecular complexity index is 759. The maximum atomic E-state index is 6.10. The number of aryl methyl sites for hydroxylation is 1. The molecule has 0 unspecified atom stereocenters. The van der Waals surface area contributed by atoms with Gasteiger partial charge in [0.1, 0.15) is 5.69 Å². The van der Waals surface area contributed by atoms with Crippen LogP contribution in [0.4, 0.5) is 11.6 Å². The molecule has 96 valence electrons. The highest BCUT2D eigenvalue weighted by Gasteiger charge is 2.14. The van der Waals surface area contributed by atoms with E-state index < -0.39 is 0 Å². The molecule has 0 spiro atoms. The molecule has 0 saturated carbocycles. The predicted molar refractivity (Wildman–Crippen MR) is 78.0 cm³/mol. The van der Waals surface area contributed by atoms with Gasteiger partial charge in [-0.2, -0.15) is 0 Å². The quantitative estimate of drug-likeness (QED) is 0.710. The number of nitrogens with zero attached hydrogens (tertiary/aromatic N) is 1. The van der Waals surface area contributed by atoms with Gasteiger partial charge in [-0.1, -0.05) is 17.7 Å². The summed E-state index contributed by atoms with van der Waals surface area (Å²) >= 11 is 6.10. The second-order valence-corrected chi connectivity index (χ2v) is 4.89.